The van der Waals surface area contributed by atoms with E-state index in [1.807, 2.05) is 12.1 Å². The van der Waals surface area contributed by atoms with Gasteiger partial charge in [-0.15, -0.1) is 0 Å². The Morgan fingerprint density at radius 2 is 2.07 bits per heavy atom. The number of nitrogens with one attached hydrogen (secondary N) is 1. The summed E-state index contributed by atoms with van der Waals surface area (Å²) < 4.78 is 5.39. The van der Waals surface area contributed by atoms with Gasteiger partial charge >= 0.3 is 0 Å². The lowest BCUT2D eigenvalue weighted by atomic mass is 9.87. The summed E-state index contributed by atoms with van der Waals surface area (Å²) in [6.07, 6.45) is 3.18. The van der Waals surface area contributed by atoms with Crippen LogP contribution in [0.2, 0.25) is 0 Å². The third-order valence-electron chi connectivity index (χ3n) is 3.47. The summed E-state index contributed by atoms with van der Waals surface area (Å²) in [5.41, 5.74) is 2.60. The lowest BCUT2D eigenvalue weighted by Gasteiger charge is -2.34. The zero-order valence-electron chi connectivity index (χ0n) is 8.62. The fourth-order valence-corrected chi connectivity index (χ4v) is 2.59. The number of rotatable bonds is 0. The Kier molecular flexibility index (Phi) is 1.89. The summed E-state index contributed by atoms with van der Waals surface area (Å²) in [6, 6.07) is 5.60. The molecule has 1 spiro atoms. The average Bonchev–Trinajstić information content (AvgIpc) is 2.56. The lowest BCUT2D eigenvalue weighted by molar-refractivity contribution is 0.0624. The van der Waals surface area contributed by atoms with Crippen LogP contribution in [0, 0.1) is 0 Å². The molecule has 0 bridgehead atoms. The van der Waals surface area contributed by atoms with E-state index in [1.165, 1.54) is 5.56 Å². The second-order valence-corrected chi connectivity index (χ2v) is 4.54. The first kappa shape index (κ1) is 9.04. The molecule has 3 heteroatoms. The van der Waals surface area contributed by atoms with E-state index in [1.54, 1.807) is 6.07 Å². The van der Waals surface area contributed by atoms with Crippen LogP contribution in [0.3, 0.4) is 0 Å². The largest absolute Gasteiger partial charge is 0.508 e. The maximum absolute atomic E-state index is 9.42. The number of ether oxygens (including phenoxy) is 1. The van der Waals surface area contributed by atoms with E-state index in [2.05, 4.69) is 5.32 Å². The molecule has 1 aromatic carbocycles. The quantitative estimate of drug-likeness (QED) is 0.679. The molecule has 0 atom stereocenters. The van der Waals surface area contributed by atoms with Crippen molar-refractivity contribution in [1.29, 1.82) is 0 Å². The first-order chi connectivity index (χ1) is 7.27. The Labute approximate surface area is 89.1 Å². The van der Waals surface area contributed by atoms with Crippen molar-refractivity contribution in [3.05, 3.63) is 23.8 Å². The normalized spacial score (nSPS) is 22.4. The van der Waals surface area contributed by atoms with Crippen LogP contribution < -0.4 is 5.32 Å². The van der Waals surface area contributed by atoms with E-state index in [9.17, 15) is 5.11 Å². The van der Waals surface area contributed by atoms with Crippen LogP contribution in [0.5, 0.6) is 5.75 Å². The van der Waals surface area contributed by atoms with E-state index in [-0.39, 0.29) is 5.54 Å². The summed E-state index contributed by atoms with van der Waals surface area (Å²) in [5.74, 6) is 0.338. The minimum Gasteiger partial charge on any atom is -0.508 e. The summed E-state index contributed by atoms with van der Waals surface area (Å²) in [7, 11) is 0. The van der Waals surface area contributed by atoms with Crippen LogP contribution >= 0.6 is 0 Å². The zero-order valence-corrected chi connectivity index (χ0v) is 8.62. The van der Waals surface area contributed by atoms with Gasteiger partial charge in [-0.3, -0.25) is 0 Å². The molecule has 3 nitrogen and oxygen atoms in total. The maximum atomic E-state index is 9.42. The van der Waals surface area contributed by atoms with Gasteiger partial charge in [-0.2, -0.15) is 0 Å². The van der Waals surface area contributed by atoms with Gasteiger partial charge in [0.15, 0.2) is 0 Å². The average molecular weight is 205 g/mol. The van der Waals surface area contributed by atoms with Crippen molar-refractivity contribution >= 4 is 5.69 Å². The Bertz CT molecular complexity index is 383. The predicted molar refractivity (Wildman–Crippen MR) is 58.2 cm³/mol. The van der Waals surface area contributed by atoms with E-state index < -0.39 is 0 Å². The number of aromatic hydroxyl groups is 1. The number of hydrogen-bond donors (Lipinski definition) is 2. The van der Waals surface area contributed by atoms with Crippen LogP contribution in [0.25, 0.3) is 0 Å². The topological polar surface area (TPSA) is 41.5 Å². The number of phenolic OH excluding ortho intramolecular Hbond substituents is 1. The van der Waals surface area contributed by atoms with Crippen molar-refractivity contribution < 1.29 is 9.84 Å². The van der Waals surface area contributed by atoms with Crippen LogP contribution in [0.1, 0.15) is 18.4 Å². The third-order valence-corrected chi connectivity index (χ3v) is 3.47. The number of fused-ring (bicyclic) bond motifs is 1. The number of phenols is 1. The summed E-state index contributed by atoms with van der Waals surface area (Å²) in [5, 5.41) is 13.0. The molecule has 1 saturated heterocycles. The van der Waals surface area contributed by atoms with Gasteiger partial charge in [0.25, 0.3) is 0 Å². The van der Waals surface area contributed by atoms with Crippen molar-refractivity contribution in [1.82, 2.24) is 0 Å². The summed E-state index contributed by atoms with van der Waals surface area (Å²) >= 11 is 0. The zero-order chi connectivity index (χ0) is 10.3. The number of hydrogen-bond acceptors (Lipinski definition) is 3. The molecule has 1 aromatic rings. The SMILES string of the molecule is Oc1ccc2c(c1)NC1(CCOCC1)C2. The summed E-state index contributed by atoms with van der Waals surface area (Å²) in [6.45, 7) is 1.68. The van der Waals surface area contributed by atoms with Gasteiger partial charge in [0.1, 0.15) is 5.75 Å². The molecule has 0 aromatic heterocycles. The van der Waals surface area contributed by atoms with Crippen LogP contribution in [-0.4, -0.2) is 23.9 Å². The number of benzene rings is 1. The maximum Gasteiger partial charge on any atom is 0.117 e. The monoisotopic (exact) mass is 205 g/mol. The van der Waals surface area contributed by atoms with Crippen molar-refractivity contribution in [3.8, 4) is 5.75 Å². The van der Waals surface area contributed by atoms with Crippen molar-refractivity contribution in [2.24, 2.45) is 0 Å². The first-order valence-corrected chi connectivity index (χ1v) is 5.45. The molecule has 0 unspecified atom stereocenters. The van der Waals surface area contributed by atoms with Gasteiger partial charge < -0.3 is 15.2 Å². The molecule has 80 valence electrons. The molecule has 2 N–H and O–H groups in total. The molecule has 0 saturated carbocycles. The van der Waals surface area contributed by atoms with Crippen molar-refractivity contribution in [2.75, 3.05) is 18.5 Å². The molecule has 0 aliphatic carbocycles. The highest BCUT2D eigenvalue weighted by Gasteiger charge is 2.38. The standard InChI is InChI=1S/C12H15NO2/c14-10-2-1-9-8-12(13-11(9)7-10)3-5-15-6-4-12/h1-2,7,13-14H,3-6,8H2. The van der Waals surface area contributed by atoms with Gasteiger partial charge in [0.2, 0.25) is 0 Å². The van der Waals surface area contributed by atoms with Gasteiger partial charge in [-0.05, 0) is 30.9 Å². The van der Waals surface area contributed by atoms with Gasteiger partial charge in [-0.25, -0.2) is 0 Å². The third kappa shape index (κ3) is 1.47. The molecule has 15 heavy (non-hydrogen) atoms. The van der Waals surface area contributed by atoms with E-state index in [4.69, 9.17) is 4.74 Å². The highest BCUT2D eigenvalue weighted by atomic mass is 16.5. The Hall–Kier alpha value is -1.22. The second-order valence-electron chi connectivity index (χ2n) is 4.54. The molecule has 2 heterocycles. The highest BCUT2D eigenvalue weighted by molar-refractivity contribution is 5.61. The van der Waals surface area contributed by atoms with Crippen LogP contribution in [0.4, 0.5) is 5.69 Å². The molecular formula is C12H15NO2. The Morgan fingerprint density at radius 3 is 2.87 bits per heavy atom. The first-order valence-electron chi connectivity index (χ1n) is 5.45. The van der Waals surface area contributed by atoms with E-state index >= 15 is 0 Å². The highest BCUT2D eigenvalue weighted by Crippen LogP contribution is 2.39. The molecule has 2 aliphatic rings. The lowest BCUT2D eigenvalue weighted by Crippen LogP contribution is -2.41. The molecule has 1 fully saturated rings. The van der Waals surface area contributed by atoms with Gasteiger partial charge in [-0.1, -0.05) is 6.07 Å². The second kappa shape index (κ2) is 3.14. The Morgan fingerprint density at radius 1 is 1.27 bits per heavy atom. The van der Waals surface area contributed by atoms with Gasteiger partial charge in [0.05, 0.1) is 0 Å². The van der Waals surface area contributed by atoms with Crippen molar-refractivity contribution in [2.45, 2.75) is 24.8 Å². The smallest absolute Gasteiger partial charge is 0.117 e. The Balaban J connectivity index is 1.90. The fraction of sp³-hybridized carbons (Fsp3) is 0.500. The fourth-order valence-electron chi connectivity index (χ4n) is 2.59. The molecule has 0 amide bonds. The molecular weight excluding hydrogens is 190 g/mol. The van der Waals surface area contributed by atoms with Crippen LogP contribution in [0.15, 0.2) is 18.2 Å². The minimum atomic E-state index is 0.189. The minimum absolute atomic E-state index is 0.189. The van der Waals surface area contributed by atoms with E-state index in [0.717, 1.165) is 38.2 Å². The van der Waals surface area contributed by atoms with Crippen LogP contribution in [-0.2, 0) is 11.2 Å². The predicted octanol–water partition coefficient (Wildman–Crippen LogP) is 1.91. The van der Waals surface area contributed by atoms with Crippen molar-refractivity contribution in [3.63, 3.8) is 0 Å². The van der Waals surface area contributed by atoms with Gasteiger partial charge in [0, 0.05) is 30.5 Å². The van der Waals surface area contributed by atoms with E-state index in [0.29, 0.717) is 5.75 Å². The number of anilines is 1. The molecule has 2 aliphatic heterocycles. The molecule has 3 rings (SSSR count). The molecule has 0 radical (unpaired) electrons. The summed E-state index contributed by atoms with van der Waals surface area (Å²) in [4.78, 5) is 0.